The number of halogens is 1. The molecule has 0 bridgehead atoms. The second kappa shape index (κ2) is 8.16. The molecule has 0 fully saturated rings. The van der Waals surface area contributed by atoms with Crippen molar-refractivity contribution in [2.45, 2.75) is 25.7 Å². The minimum Gasteiger partial charge on any atom is -0.497 e. The first kappa shape index (κ1) is 17.5. The van der Waals surface area contributed by atoms with Gasteiger partial charge in [0.05, 0.1) is 14.2 Å². The van der Waals surface area contributed by atoms with E-state index in [9.17, 15) is 4.79 Å². The molecule has 1 atom stereocenters. The molecule has 1 unspecified atom stereocenters. The highest BCUT2D eigenvalue weighted by molar-refractivity contribution is 9.10. The van der Waals surface area contributed by atoms with E-state index in [4.69, 9.17) is 9.47 Å². The van der Waals surface area contributed by atoms with E-state index in [1.165, 1.54) is 0 Å². The van der Waals surface area contributed by atoms with E-state index in [0.717, 1.165) is 33.5 Å². The fourth-order valence-electron chi connectivity index (χ4n) is 2.65. The van der Waals surface area contributed by atoms with Crippen molar-refractivity contribution >= 4 is 21.7 Å². The second-order valence-electron chi connectivity index (χ2n) is 5.32. The number of hydrogen-bond acceptors (Lipinski definition) is 3. The summed E-state index contributed by atoms with van der Waals surface area (Å²) in [5, 5.41) is 0. The van der Waals surface area contributed by atoms with Gasteiger partial charge in [0.2, 0.25) is 0 Å². The number of rotatable bonds is 7. The summed E-state index contributed by atoms with van der Waals surface area (Å²) < 4.78 is 11.6. The summed E-state index contributed by atoms with van der Waals surface area (Å²) in [6, 6.07) is 13.3. The number of carbonyl (C=O) groups is 1. The molecule has 4 heteroatoms. The van der Waals surface area contributed by atoms with Crippen molar-refractivity contribution in [1.82, 2.24) is 0 Å². The van der Waals surface area contributed by atoms with E-state index < -0.39 is 0 Å². The van der Waals surface area contributed by atoms with Gasteiger partial charge in [-0.15, -0.1) is 0 Å². The third kappa shape index (κ3) is 4.14. The van der Waals surface area contributed by atoms with Crippen molar-refractivity contribution in [2.75, 3.05) is 14.2 Å². The predicted octanol–water partition coefficient (Wildman–Crippen LogP) is 5.23. The average molecular weight is 377 g/mol. The molecule has 2 aromatic carbocycles. The lowest BCUT2D eigenvalue weighted by atomic mass is 9.89. The van der Waals surface area contributed by atoms with Crippen LogP contribution in [0.4, 0.5) is 0 Å². The van der Waals surface area contributed by atoms with Crippen molar-refractivity contribution in [2.24, 2.45) is 0 Å². The minimum absolute atomic E-state index is 0.107. The van der Waals surface area contributed by atoms with E-state index >= 15 is 0 Å². The van der Waals surface area contributed by atoms with Crippen LogP contribution in [-0.4, -0.2) is 20.0 Å². The third-order valence-electron chi connectivity index (χ3n) is 3.98. The third-order valence-corrected chi connectivity index (χ3v) is 4.67. The summed E-state index contributed by atoms with van der Waals surface area (Å²) in [5.74, 6) is 1.74. The number of ether oxygens (including phenoxy) is 2. The molecule has 0 aliphatic carbocycles. The van der Waals surface area contributed by atoms with E-state index in [2.05, 4.69) is 22.9 Å². The molecule has 2 aromatic rings. The van der Waals surface area contributed by atoms with Crippen LogP contribution in [0.5, 0.6) is 11.5 Å². The molecule has 0 radical (unpaired) electrons. The Morgan fingerprint density at radius 3 is 2.48 bits per heavy atom. The molecule has 0 saturated heterocycles. The van der Waals surface area contributed by atoms with Gasteiger partial charge in [-0.2, -0.15) is 0 Å². The molecule has 0 aliphatic rings. The smallest absolute Gasteiger partial charge is 0.164 e. The zero-order valence-electron chi connectivity index (χ0n) is 13.6. The molecule has 0 amide bonds. The van der Waals surface area contributed by atoms with Gasteiger partial charge in [0.25, 0.3) is 0 Å². The van der Waals surface area contributed by atoms with Crippen LogP contribution in [0.1, 0.15) is 41.6 Å². The lowest BCUT2D eigenvalue weighted by molar-refractivity contribution is 0.0972. The normalized spacial score (nSPS) is 11.8. The SMILES string of the molecule is CCC(CC(=O)c1ccccc1Br)c1ccc(OC)cc1OC. The van der Waals surface area contributed by atoms with Crippen molar-refractivity contribution in [3.63, 3.8) is 0 Å². The van der Waals surface area contributed by atoms with Crippen LogP contribution >= 0.6 is 15.9 Å². The Kier molecular flexibility index (Phi) is 6.22. The van der Waals surface area contributed by atoms with Crippen LogP contribution in [0.15, 0.2) is 46.9 Å². The van der Waals surface area contributed by atoms with Gasteiger partial charge < -0.3 is 9.47 Å². The molecule has 0 aromatic heterocycles. The highest BCUT2D eigenvalue weighted by Gasteiger charge is 2.20. The monoisotopic (exact) mass is 376 g/mol. The molecule has 3 nitrogen and oxygen atoms in total. The number of ketones is 1. The first-order valence-corrected chi connectivity index (χ1v) is 8.39. The number of hydrogen-bond donors (Lipinski definition) is 0. The van der Waals surface area contributed by atoms with Gasteiger partial charge in [0.1, 0.15) is 11.5 Å². The molecule has 0 N–H and O–H groups in total. The quantitative estimate of drug-likeness (QED) is 0.620. The highest BCUT2D eigenvalue weighted by Crippen LogP contribution is 2.35. The lowest BCUT2D eigenvalue weighted by Gasteiger charge is -2.19. The van der Waals surface area contributed by atoms with E-state index in [-0.39, 0.29) is 11.7 Å². The average Bonchev–Trinajstić information content (AvgIpc) is 2.59. The van der Waals surface area contributed by atoms with Gasteiger partial charge in [-0.3, -0.25) is 4.79 Å². The van der Waals surface area contributed by atoms with Gasteiger partial charge in [-0.25, -0.2) is 0 Å². The molecule has 0 heterocycles. The Hall–Kier alpha value is -1.81. The summed E-state index contributed by atoms with van der Waals surface area (Å²) in [7, 11) is 3.27. The maximum atomic E-state index is 12.6. The number of carbonyl (C=O) groups excluding carboxylic acids is 1. The molecule has 0 spiro atoms. The molecule has 0 aliphatic heterocycles. The predicted molar refractivity (Wildman–Crippen MR) is 95.7 cm³/mol. The van der Waals surface area contributed by atoms with Crippen LogP contribution in [0, 0.1) is 0 Å². The van der Waals surface area contributed by atoms with Crippen molar-refractivity contribution < 1.29 is 14.3 Å². The van der Waals surface area contributed by atoms with Gasteiger partial charge in [-0.1, -0.05) is 47.1 Å². The zero-order valence-corrected chi connectivity index (χ0v) is 15.2. The van der Waals surface area contributed by atoms with Crippen molar-refractivity contribution in [1.29, 1.82) is 0 Å². The molecule has 23 heavy (non-hydrogen) atoms. The minimum atomic E-state index is 0.107. The van der Waals surface area contributed by atoms with Gasteiger partial charge in [0, 0.05) is 22.5 Å². The molecule has 122 valence electrons. The maximum Gasteiger partial charge on any atom is 0.164 e. The standard InChI is InChI=1S/C19H21BrO3/c1-4-13(11-18(21)16-7-5-6-8-17(16)20)15-10-9-14(22-2)12-19(15)23-3/h5-10,12-13H,4,11H2,1-3H3. The molecular formula is C19H21BrO3. The fraction of sp³-hybridized carbons (Fsp3) is 0.316. The van der Waals surface area contributed by atoms with Crippen molar-refractivity contribution in [3.8, 4) is 11.5 Å². The molecule has 2 rings (SSSR count). The summed E-state index contributed by atoms with van der Waals surface area (Å²) in [5.41, 5.74) is 1.76. The topological polar surface area (TPSA) is 35.5 Å². The Morgan fingerprint density at radius 1 is 1.13 bits per heavy atom. The Labute approximate surface area is 145 Å². The Balaban J connectivity index is 2.27. The van der Waals surface area contributed by atoms with Gasteiger partial charge in [0.15, 0.2) is 5.78 Å². The first-order valence-electron chi connectivity index (χ1n) is 7.60. The van der Waals surface area contributed by atoms with E-state index in [0.29, 0.717) is 6.42 Å². The highest BCUT2D eigenvalue weighted by atomic mass is 79.9. The first-order chi connectivity index (χ1) is 11.1. The number of benzene rings is 2. The van der Waals surface area contributed by atoms with Crippen LogP contribution in [0.3, 0.4) is 0 Å². The number of Topliss-reactive ketones (excluding diaryl/α,β-unsaturated/α-hetero) is 1. The Morgan fingerprint density at radius 2 is 1.87 bits per heavy atom. The van der Waals surface area contributed by atoms with Crippen LogP contribution in [-0.2, 0) is 0 Å². The zero-order chi connectivity index (χ0) is 16.8. The summed E-state index contributed by atoms with van der Waals surface area (Å²) in [6.07, 6.45) is 1.31. The second-order valence-corrected chi connectivity index (χ2v) is 6.17. The summed E-state index contributed by atoms with van der Waals surface area (Å²) >= 11 is 3.45. The van der Waals surface area contributed by atoms with E-state index in [1.807, 2.05) is 42.5 Å². The molecule has 0 saturated carbocycles. The van der Waals surface area contributed by atoms with Gasteiger partial charge >= 0.3 is 0 Å². The number of methoxy groups -OCH3 is 2. The van der Waals surface area contributed by atoms with Gasteiger partial charge in [-0.05, 0) is 30.0 Å². The largest absolute Gasteiger partial charge is 0.497 e. The summed E-state index contributed by atoms with van der Waals surface area (Å²) in [4.78, 5) is 12.6. The van der Waals surface area contributed by atoms with Crippen LogP contribution in [0.25, 0.3) is 0 Å². The van der Waals surface area contributed by atoms with Crippen LogP contribution < -0.4 is 9.47 Å². The van der Waals surface area contributed by atoms with E-state index in [1.54, 1.807) is 14.2 Å². The molecular weight excluding hydrogens is 356 g/mol. The Bertz CT molecular complexity index is 682. The summed E-state index contributed by atoms with van der Waals surface area (Å²) in [6.45, 7) is 2.08. The van der Waals surface area contributed by atoms with Crippen molar-refractivity contribution in [3.05, 3.63) is 58.1 Å². The lowest BCUT2D eigenvalue weighted by Crippen LogP contribution is -2.09. The van der Waals surface area contributed by atoms with Crippen LogP contribution in [0.2, 0.25) is 0 Å². The fourth-order valence-corrected chi connectivity index (χ4v) is 3.16. The maximum absolute atomic E-state index is 12.6.